The molecule has 10 heteroatoms. The molecule has 0 spiro atoms. The lowest BCUT2D eigenvalue weighted by molar-refractivity contribution is -0.123. The Labute approximate surface area is 173 Å². The fourth-order valence-electron chi connectivity index (χ4n) is 2.72. The minimum atomic E-state index is -0.461. The summed E-state index contributed by atoms with van der Waals surface area (Å²) in [7, 11) is 0. The van der Waals surface area contributed by atoms with Gasteiger partial charge in [-0.3, -0.25) is 4.79 Å². The van der Waals surface area contributed by atoms with Gasteiger partial charge in [-0.15, -0.1) is 0 Å². The van der Waals surface area contributed by atoms with Crippen LogP contribution in [-0.4, -0.2) is 27.6 Å². The van der Waals surface area contributed by atoms with Crippen LogP contribution >= 0.6 is 11.6 Å². The zero-order valence-corrected chi connectivity index (χ0v) is 16.0. The average Bonchev–Trinajstić information content (AvgIpc) is 3.17. The molecule has 2 aromatic heterocycles. The van der Waals surface area contributed by atoms with Crippen molar-refractivity contribution in [3.05, 3.63) is 71.0 Å². The van der Waals surface area contributed by atoms with Crippen LogP contribution in [0.15, 0.2) is 53.3 Å². The Morgan fingerprint density at radius 2 is 1.87 bits per heavy atom. The molecule has 0 aliphatic carbocycles. The second-order valence-electron chi connectivity index (χ2n) is 6.20. The van der Waals surface area contributed by atoms with E-state index in [4.69, 9.17) is 20.9 Å². The Balaban J connectivity index is 1.48. The summed E-state index contributed by atoms with van der Waals surface area (Å²) in [5.74, 6) is -1.20. The molecule has 1 N–H and O–H groups in total. The van der Waals surface area contributed by atoms with Gasteiger partial charge in [0.1, 0.15) is 29.0 Å². The first-order valence-corrected chi connectivity index (χ1v) is 9.09. The highest BCUT2D eigenvalue weighted by Crippen LogP contribution is 2.32. The van der Waals surface area contributed by atoms with Gasteiger partial charge in [0.05, 0.1) is 0 Å². The summed E-state index contributed by atoms with van der Waals surface area (Å²) >= 11 is 5.94. The predicted octanol–water partition coefficient (Wildman–Crippen LogP) is 3.91. The maximum atomic E-state index is 13.2. The van der Waals surface area contributed by atoms with Crippen LogP contribution in [0.4, 0.5) is 8.78 Å². The number of aromatic nitrogens is 3. The van der Waals surface area contributed by atoms with Crippen LogP contribution in [0.2, 0.25) is 5.02 Å². The highest BCUT2D eigenvalue weighted by atomic mass is 35.5. The number of ether oxygens (including phenoxy) is 1. The summed E-state index contributed by atoms with van der Waals surface area (Å²) < 4.78 is 37.0. The number of benzene rings is 2. The quantitative estimate of drug-likeness (QED) is 0.498. The highest BCUT2D eigenvalue weighted by Gasteiger charge is 2.18. The number of hydrogen-bond donors (Lipinski definition) is 1. The van der Waals surface area contributed by atoms with E-state index in [1.54, 1.807) is 0 Å². The van der Waals surface area contributed by atoms with Crippen molar-refractivity contribution in [1.29, 1.82) is 0 Å². The zero-order chi connectivity index (χ0) is 21.1. The average molecular weight is 431 g/mol. The van der Waals surface area contributed by atoms with Crippen LogP contribution in [0.25, 0.3) is 22.4 Å². The molecule has 0 radical (unpaired) electrons. The molecule has 0 unspecified atom stereocenters. The molecule has 0 saturated carbocycles. The van der Waals surface area contributed by atoms with E-state index in [1.165, 1.54) is 48.8 Å². The third kappa shape index (κ3) is 4.20. The van der Waals surface area contributed by atoms with Crippen molar-refractivity contribution in [2.75, 3.05) is 6.61 Å². The van der Waals surface area contributed by atoms with Crippen molar-refractivity contribution in [2.24, 2.45) is 0 Å². The van der Waals surface area contributed by atoms with E-state index in [-0.39, 0.29) is 29.8 Å². The number of nitrogens with one attached hydrogen (secondary N) is 1. The molecule has 2 aromatic carbocycles. The van der Waals surface area contributed by atoms with Crippen molar-refractivity contribution in [1.82, 2.24) is 20.4 Å². The normalized spacial score (nSPS) is 10.9. The molecule has 1 amide bonds. The molecule has 0 saturated heterocycles. The molecule has 2 heterocycles. The van der Waals surface area contributed by atoms with Gasteiger partial charge in [0, 0.05) is 17.1 Å². The van der Waals surface area contributed by atoms with Crippen molar-refractivity contribution < 1.29 is 22.8 Å². The summed E-state index contributed by atoms with van der Waals surface area (Å²) in [4.78, 5) is 20.2. The summed E-state index contributed by atoms with van der Waals surface area (Å²) in [5.41, 5.74) is 1.66. The molecule has 4 rings (SSSR count). The lowest BCUT2D eigenvalue weighted by Crippen LogP contribution is -2.28. The van der Waals surface area contributed by atoms with Crippen LogP contribution in [-0.2, 0) is 11.3 Å². The number of carbonyl (C=O) groups is 1. The third-order valence-electron chi connectivity index (χ3n) is 4.19. The first-order chi connectivity index (χ1) is 14.5. The van der Waals surface area contributed by atoms with E-state index in [0.717, 1.165) is 0 Å². The lowest BCUT2D eigenvalue weighted by Gasteiger charge is -2.09. The van der Waals surface area contributed by atoms with E-state index in [1.807, 2.05) is 0 Å². The first kappa shape index (κ1) is 19.7. The first-order valence-electron chi connectivity index (χ1n) is 8.71. The fourth-order valence-corrected chi connectivity index (χ4v) is 2.95. The molecule has 7 nitrogen and oxygen atoms in total. The minimum absolute atomic E-state index is 0.0931. The molecule has 0 aliphatic heterocycles. The smallest absolute Gasteiger partial charge is 0.265 e. The standard InChI is InChI=1S/C20H13ClF2N4O3/c21-15-7-14(23)6-3-12(15)8-24-16(28)9-29-19-17-18(11-1-4-13(22)5-2-11)27-30-20(17)26-10-25-19/h1-7,10H,8-9H2,(H,24,28). The zero-order valence-electron chi connectivity index (χ0n) is 15.2. The Bertz CT molecular complexity index is 1210. The number of amides is 1. The third-order valence-corrected chi connectivity index (χ3v) is 4.54. The monoisotopic (exact) mass is 430 g/mol. The molecule has 30 heavy (non-hydrogen) atoms. The summed E-state index contributed by atoms with van der Waals surface area (Å²) in [6, 6.07) is 9.54. The second kappa shape index (κ2) is 8.42. The number of halogens is 3. The predicted molar refractivity (Wildman–Crippen MR) is 104 cm³/mol. The van der Waals surface area contributed by atoms with Gasteiger partial charge >= 0.3 is 0 Å². The summed E-state index contributed by atoms with van der Waals surface area (Å²) in [5, 5.41) is 7.15. The van der Waals surface area contributed by atoms with Gasteiger partial charge in [-0.05, 0) is 42.0 Å². The van der Waals surface area contributed by atoms with E-state index >= 15 is 0 Å². The van der Waals surface area contributed by atoms with Crippen molar-refractivity contribution in [3.8, 4) is 17.1 Å². The number of nitrogens with zero attached hydrogens (tertiary/aromatic N) is 3. The number of fused-ring (bicyclic) bond motifs is 1. The Morgan fingerprint density at radius 1 is 1.10 bits per heavy atom. The molecule has 0 aliphatic rings. The van der Waals surface area contributed by atoms with Gasteiger partial charge in [0.2, 0.25) is 5.88 Å². The maximum Gasteiger partial charge on any atom is 0.265 e. The van der Waals surface area contributed by atoms with Gasteiger partial charge in [0.25, 0.3) is 11.6 Å². The van der Waals surface area contributed by atoms with Crippen molar-refractivity contribution in [3.63, 3.8) is 0 Å². The number of hydrogen-bond acceptors (Lipinski definition) is 6. The van der Waals surface area contributed by atoms with Gasteiger partial charge in [-0.2, -0.15) is 4.98 Å². The highest BCUT2D eigenvalue weighted by molar-refractivity contribution is 6.31. The van der Waals surface area contributed by atoms with Gasteiger partial charge in [0.15, 0.2) is 6.61 Å². The number of rotatable bonds is 6. The second-order valence-corrected chi connectivity index (χ2v) is 6.61. The van der Waals surface area contributed by atoms with E-state index in [9.17, 15) is 13.6 Å². The summed E-state index contributed by atoms with van der Waals surface area (Å²) in [6.07, 6.45) is 1.22. The molecule has 0 atom stereocenters. The van der Waals surface area contributed by atoms with Crippen LogP contribution in [0.1, 0.15) is 5.56 Å². The molecule has 0 bridgehead atoms. The maximum absolute atomic E-state index is 13.2. The van der Waals surface area contributed by atoms with Crippen LogP contribution in [0.5, 0.6) is 5.88 Å². The molecule has 152 valence electrons. The fraction of sp³-hybridized carbons (Fsp3) is 0.100. The van der Waals surface area contributed by atoms with E-state index in [0.29, 0.717) is 22.2 Å². The van der Waals surface area contributed by atoms with Crippen molar-refractivity contribution in [2.45, 2.75) is 6.54 Å². The van der Waals surface area contributed by atoms with Gasteiger partial charge in [-0.25, -0.2) is 13.8 Å². The van der Waals surface area contributed by atoms with E-state index in [2.05, 4.69) is 20.4 Å². The Morgan fingerprint density at radius 3 is 2.63 bits per heavy atom. The Hall–Kier alpha value is -3.59. The largest absolute Gasteiger partial charge is 0.467 e. The van der Waals surface area contributed by atoms with Gasteiger partial charge in [-0.1, -0.05) is 22.8 Å². The van der Waals surface area contributed by atoms with E-state index < -0.39 is 17.5 Å². The van der Waals surface area contributed by atoms with Crippen LogP contribution < -0.4 is 10.1 Å². The van der Waals surface area contributed by atoms with Crippen molar-refractivity contribution >= 4 is 28.6 Å². The summed E-state index contributed by atoms with van der Waals surface area (Å²) in [6.45, 7) is -0.243. The minimum Gasteiger partial charge on any atom is -0.467 e. The molecule has 0 fully saturated rings. The SMILES string of the molecule is O=C(COc1ncnc2onc(-c3ccc(F)cc3)c12)NCc1ccc(F)cc1Cl. The van der Waals surface area contributed by atoms with Crippen LogP contribution in [0, 0.1) is 11.6 Å². The lowest BCUT2D eigenvalue weighted by atomic mass is 10.1. The molecular weight excluding hydrogens is 418 g/mol. The van der Waals surface area contributed by atoms with Crippen LogP contribution in [0.3, 0.4) is 0 Å². The molecular formula is C20H13ClF2N4O3. The van der Waals surface area contributed by atoms with Gasteiger partial charge < -0.3 is 14.6 Å². The number of carbonyl (C=O) groups excluding carboxylic acids is 1. The Kier molecular flexibility index (Phi) is 5.53. The molecule has 4 aromatic rings. The topological polar surface area (TPSA) is 90.1 Å².